The van der Waals surface area contributed by atoms with Gasteiger partial charge in [0.1, 0.15) is 5.56 Å². The summed E-state index contributed by atoms with van der Waals surface area (Å²) in [6, 6.07) is 5.44. The maximum absolute atomic E-state index is 11.8. The SMILES string of the molecule is Cn1ccc(NC(=O)Nc2cccc(Cl)c2C(=O)O)n1. The lowest BCUT2D eigenvalue weighted by Gasteiger charge is -2.09. The Morgan fingerprint density at radius 2 is 2.05 bits per heavy atom. The number of aromatic nitrogens is 2. The van der Waals surface area contributed by atoms with Gasteiger partial charge in [-0.3, -0.25) is 10.00 Å². The van der Waals surface area contributed by atoms with Crippen LogP contribution in [0.5, 0.6) is 0 Å². The van der Waals surface area contributed by atoms with Gasteiger partial charge in [0.25, 0.3) is 0 Å². The monoisotopic (exact) mass is 294 g/mol. The van der Waals surface area contributed by atoms with Crippen molar-refractivity contribution in [2.24, 2.45) is 7.05 Å². The average Bonchev–Trinajstić information content (AvgIpc) is 2.74. The number of amides is 2. The Kier molecular flexibility index (Phi) is 3.90. The smallest absolute Gasteiger partial charge is 0.339 e. The van der Waals surface area contributed by atoms with Crippen molar-refractivity contribution < 1.29 is 14.7 Å². The standard InChI is InChI=1S/C12H11ClN4O3/c1-17-6-5-9(16-17)15-12(20)14-8-4-2-3-7(13)10(8)11(18)19/h2-6H,1H3,(H,18,19)(H2,14,15,16,20). The minimum atomic E-state index is -1.22. The lowest BCUT2D eigenvalue weighted by atomic mass is 10.2. The van der Waals surface area contributed by atoms with E-state index in [1.54, 1.807) is 25.4 Å². The van der Waals surface area contributed by atoms with Crippen LogP contribution < -0.4 is 10.6 Å². The number of carbonyl (C=O) groups is 2. The van der Waals surface area contributed by atoms with Crippen molar-refractivity contribution >= 4 is 35.1 Å². The lowest BCUT2D eigenvalue weighted by molar-refractivity contribution is 0.0698. The summed E-state index contributed by atoms with van der Waals surface area (Å²) in [6.45, 7) is 0. The molecule has 0 saturated heterocycles. The van der Waals surface area contributed by atoms with E-state index in [1.165, 1.54) is 16.8 Å². The summed E-state index contributed by atoms with van der Waals surface area (Å²) in [5, 5.41) is 18.0. The molecule has 0 atom stereocenters. The predicted octanol–water partition coefficient (Wildman–Crippen LogP) is 2.42. The molecule has 7 nitrogen and oxygen atoms in total. The zero-order chi connectivity index (χ0) is 14.7. The van der Waals surface area contributed by atoms with Gasteiger partial charge in [-0.05, 0) is 12.1 Å². The third-order valence-corrected chi connectivity index (χ3v) is 2.75. The molecule has 20 heavy (non-hydrogen) atoms. The topological polar surface area (TPSA) is 96.2 Å². The molecule has 104 valence electrons. The van der Waals surface area contributed by atoms with Crippen molar-refractivity contribution in [1.82, 2.24) is 9.78 Å². The van der Waals surface area contributed by atoms with Gasteiger partial charge in [0, 0.05) is 19.3 Å². The van der Waals surface area contributed by atoms with Crippen molar-refractivity contribution in [2.75, 3.05) is 10.6 Å². The number of aryl methyl sites for hydroxylation is 1. The first kappa shape index (κ1) is 13.9. The van der Waals surface area contributed by atoms with Crippen molar-refractivity contribution in [1.29, 1.82) is 0 Å². The van der Waals surface area contributed by atoms with Gasteiger partial charge in [0.15, 0.2) is 5.82 Å². The van der Waals surface area contributed by atoms with Crippen molar-refractivity contribution in [3.63, 3.8) is 0 Å². The first-order chi connectivity index (χ1) is 9.47. The number of carboxylic acid groups (broad SMARTS) is 1. The number of carboxylic acids is 1. The number of carbonyl (C=O) groups excluding carboxylic acids is 1. The summed E-state index contributed by atoms with van der Waals surface area (Å²) < 4.78 is 1.53. The van der Waals surface area contributed by atoms with Gasteiger partial charge in [0.05, 0.1) is 10.7 Å². The second kappa shape index (κ2) is 5.62. The zero-order valence-electron chi connectivity index (χ0n) is 10.4. The minimum Gasteiger partial charge on any atom is -0.478 e. The molecular weight excluding hydrogens is 284 g/mol. The number of halogens is 1. The predicted molar refractivity (Wildman–Crippen MR) is 74.3 cm³/mol. The minimum absolute atomic E-state index is 0.0492. The molecular formula is C12H11ClN4O3. The highest BCUT2D eigenvalue weighted by molar-refractivity contribution is 6.34. The number of rotatable bonds is 3. The number of hydrogen-bond acceptors (Lipinski definition) is 3. The summed E-state index contributed by atoms with van der Waals surface area (Å²) >= 11 is 5.80. The van der Waals surface area contributed by atoms with Crippen LogP contribution in [0.15, 0.2) is 30.5 Å². The van der Waals surface area contributed by atoms with E-state index in [0.29, 0.717) is 5.82 Å². The van der Waals surface area contributed by atoms with E-state index in [9.17, 15) is 9.59 Å². The number of hydrogen-bond donors (Lipinski definition) is 3. The van der Waals surface area contributed by atoms with Crippen LogP contribution in [0.1, 0.15) is 10.4 Å². The molecule has 2 amide bonds. The third-order valence-electron chi connectivity index (χ3n) is 2.43. The first-order valence-corrected chi connectivity index (χ1v) is 5.94. The molecule has 8 heteroatoms. The van der Waals surface area contributed by atoms with Crippen LogP contribution in [0, 0.1) is 0 Å². The van der Waals surface area contributed by atoms with Gasteiger partial charge >= 0.3 is 12.0 Å². The van der Waals surface area contributed by atoms with Crippen LogP contribution in [0.3, 0.4) is 0 Å². The fourth-order valence-corrected chi connectivity index (χ4v) is 1.85. The molecule has 0 fully saturated rings. The fraction of sp³-hybridized carbons (Fsp3) is 0.0833. The first-order valence-electron chi connectivity index (χ1n) is 5.57. The number of nitrogens with one attached hydrogen (secondary N) is 2. The van der Waals surface area contributed by atoms with E-state index in [-0.39, 0.29) is 16.3 Å². The van der Waals surface area contributed by atoms with Crippen LogP contribution in [-0.4, -0.2) is 26.9 Å². The Morgan fingerprint density at radius 3 is 2.65 bits per heavy atom. The van der Waals surface area contributed by atoms with Crippen LogP contribution in [0.25, 0.3) is 0 Å². The van der Waals surface area contributed by atoms with Gasteiger partial charge in [-0.1, -0.05) is 17.7 Å². The largest absolute Gasteiger partial charge is 0.478 e. The van der Waals surface area contributed by atoms with E-state index in [4.69, 9.17) is 16.7 Å². The van der Waals surface area contributed by atoms with E-state index >= 15 is 0 Å². The molecule has 1 aromatic heterocycles. The summed E-state index contributed by atoms with van der Waals surface area (Å²) in [7, 11) is 1.71. The Labute approximate surface area is 119 Å². The van der Waals surface area contributed by atoms with Crippen LogP contribution >= 0.6 is 11.6 Å². The van der Waals surface area contributed by atoms with Crippen molar-refractivity contribution in [3.05, 3.63) is 41.0 Å². The van der Waals surface area contributed by atoms with Gasteiger partial charge in [-0.25, -0.2) is 9.59 Å². The van der Waals surface area contributed by atoms with Crippen molar-refractivity contribution in [2.45, 2.75) is 0 Å². The highest BCUT2D eigenvalue weighted by Crippen LogP contribution is 2.24. The summed E-state index contributed by atoms with van der Waals surface area (Å²) in [5.41, 5.74) is -0.0521. The molecule has 1 heterocycles. The normalized spacial score (nSPS) is 10.1. The van der Waals surface area contributed by atoms with E-state index < -0.39 is 12.0 Å². The number of anilines is 2. The fourth-order valence-electron chi connectivity index (χ4n) is 1.60. The highest BCUT2D eigenvalue weighted by atomic mass is 35.5. The number of benzene rings is 1. The van der Waals surface area contributed by atoms with Gasteiger partial charge < -0.3 is 10.4 Å². The summed E-state index contributed by atoms with van der Waals surface area (Å²) in [4.78, 5) is 22.9. The molecule has 2 aromatic rings. The highest BCUT2D eigenvalue weighted by Gasteiger charge is 2.16. The molecule has 0 radical (unpaired) electrons. The molecule has 0 aliphatic heterocycles. The molecule has 0 unspecified atom stereocenters. The molecule has 0 spiro atoms. The molecule has 2 rings (SSSR count). The lowest BCUT2D eigenvalue weighted by Crippen LogP contribution is -2.21. The molecule has 0 saturated carbocycles. The summed E-state index contributed by atoms with van der Waals surface area (Å²) in [5.74, 6) is -0.868. The van der Waals surface area contributed by atoms with E-state index in [0.717, 1.165) is 0 Å². The summed E-state index contributed by atoms with van der Waals surface area (Å²) in [6.07, 6.45) is 1.66. The molecule has 0 bridgehead atoms. The average molecular weight is 295 g/mol. The molecule has 0 aliphatic rings. The maximum Gasteiger partial charge on any atom is 0.339 e. The van der Waals surface area contributed by atoms with E-state index in [2.05, 4.69) is 15.7 Å². The van der Waals surface area contributed by atoms with Crippen LogP contribution in [0.2, 0.25) is 5.02 Å². The van der Waals surface area contributed by atoms with Gasteiger partial charge in [-0.15, -0.1) is 0 Å². The van der Waals surface area contributed by atoms with Gasteiger partial charge in [0.2, 0.25) is 0 Å². The Hall–Kier alpha value is -2.54. The third kappa shape index (κ3) is 3.07. The maximum atomic E-state index is 11.8. The zero-order valence-corrected chi connectivity index (χ0v) is 11.2. The second-order valence-corrected chi connectivity index (χ2v) is 4.33. The number of urea groups is 1. The molecule has 3 N–H and O–H groups in total. The van der Waals surface area contributed by atoms with Crippen LogP contribution in [-0.2, 0) is 7.05 Å². The number of aromatic carboxylic acids is 1. The van der Waals surface area contributed by atoms with E-state index in [1.807, 2.05) is 0 Å². The Morgan fingerprint density at radius 1 is 1.30 bits per heavy atom. The number of nitrogens with zero attached hydrogens (tertiary/aromatic N) is 2. The quantitative estimate of drug-likeness (QED) is 0.810. The Balaban J connectivity index is 2.16. The Bertz CT molecular complexity index is 668. The van der Waals surface area contributed by atoms with Crippen molar-refractivity contribution in [3.8, 4) is 0 Å². The second-order valence-electron chi connectivity index (χ2n) is 3.92. The van der Waals surface area contributed by atoms with Gasteiger partial charge in [-0.2, -0.15) is 5.10 Å². The molecule has 1 aromatic carbocycles. The van der Waals surface area contributed by atoms with Crippen LogP contribution in [0.4, 0.5) is 16.3 Å². The molecule has 0 aliphatic carbocycles.